The molecular weight excluding hydrogens is 354 g/mol. The minimum absolute atomic E-state index is 0.270. The van der Waals surface area contributed by atoms with Gasteiger partial charge in [0.2, 0.25) is 5.91 Å². The molecule has 1 spiro atoms. The van der Waals surface area contributed by atoms with Crippen molar-refractivity contribution in [3.05, 3.63) is 36.2 Å². The van der Waals surface area contributed by atoms with E-state index in [9.17, 15) is 4.79 Å². The first kappa shape index (κ1) is 17.8. The van der Waals surface area contributed by atoms with Crippen LogP contribution in [0.4, 0.5) is 0 Å². The molecule has 1 saturated carbocycles. The highest BCUT2D eigenvalue weighted by atomic mass is 16.2. The number of piperazine rings is 1. The molecule has 2 saturated heterocycles. The molecule has 1 aromatic heterocycles. The average Bonchev–Trinajstić information content (AvgIpc) is 3.22. The molecule has 2 aliphatic heterocycles. The Balaban J connectivity index is 1.17. The largest absolute Gasteiger partial charge is 0.340 e. The van der Waals surface area contributed by atoms with E-state index >= 15 is 0 Å². The number of aromatic nitrogens is 4. The van der Waals surface area contributed by atoms with Gasteiger partial charge in [0.15, 0.2) is 5.82 Å². The fourth-order valence-corrected chi connectivity index (χ4v) is 4.79. The second-order valence-corrected chi connectivity index (χ2v) is 8.31. The van der Waals surface area contributed by atoms with E-state index < -0.39 is 0 Å². The summed E-state index contributed by atoms with van der Waals surface area (Å²) in [5, 5.41) is 15.6. The number of piperidine rings is 1. The molecule has 3 aliphatic rings. The second-order valence-electron chi connectivity index (χ2n) is 8.31. The third-order valence-electron chi connectivity index (χ3n) is 6.67. The maximum absolute atomic E-state index is 12.9. The molecule has 1 amide bonds. The lowest BCUT2D eigenvalue weighted by Crippen LogP contribution is -2.49. The topological polar surface area (TPSA) is 79.2 Å². The highest BCUT2D eigenvalue weighted by molar-refractivity contribution is 5.83. The molecule has 8 heteroatoms. The predicted octanol–water partition coefficient (Wildman–Crippen LogP) is 0.696. The number of rotatable bonds is 4. The van der Waals surface area contributed by atoms with Crippen LogP contribution in [0, 0.1) is 11.3 Å². The lowest BCUT2D eigenvalue weighted by Gasteiger charge is -2.35. The molecule has 2 aromatic rings. The van der Waals surface area contributed by atoms with Crippen LogP contribution in [0.5, 0.6) is 0 Å². The Hall–Kier alpha value is -2.32. The number of para-hydroxylation sites is 1. The van der Waals surface area contributed by atoms with E-state index in [4.69, 9.17) is 0 Å². The van der Waals surface area contributed by atoms with Crippen molar-refractivity contribution in [2.45, 2.75) is 25.8 Å². The average molecular weight is 381 g/mol. The zero-order chi connectivity index (χ0) is 19.0. The van der Waals surface area contributed by atoms with Crippen LogP contribution in [0.25, 0.3) is 5.69 Å². The van der Waals surface area contributed by atoms with Crippen molar-refractivity contribution in [2.24, 2.45) is 11.3 Å². The van der Waals surface area contributed by atoms with Crippen LogP contribution < -0.4 is 5.32 Å². The first-order valence-electron chi connectivity index (χ1n) is 10.3. The normalized spacial score (nSPS) is 24.4. The van der Waals surface area contributed by atoms with E-state index in [-0.39, 0.29) is 5.92 Å². The lowest BCUT2D eigenvalue weighted by atomic mass is 9.91. The molecule has 1 aliphatic carbocycles. The van der Waals surface area contributed by atoms with Gasteiger partial charge in [-0.1, -0.05) is 18.2 Å². The number of hydrogen-bond acceptors (Lipinski definition) is 6. The number of nitrogens with one attached hydrogen (secondary N) is 1. The summed E-state index contributed by atoms with van der Waals surface area (Å²) in [6.07, 6.45) is 3.41. The van der Waals surface area contributed by atoms with Crippen LogP contribution in [0.1, 0.15) is 25.1 Å². The number of carbonyl (C=O) groups excluding carboxylic acids is 1. The number of amides is 1. The summed E-state index contributed by atoms with van der Waals surface area (Å²) in [7, 11) is 0. The monoisotopic (exact) mass is 381 g/mol. The van der Waals surface area contributed by atoms with Crippen LogP contribution in [0.3, 0.4) is 0 Å². The number of benzene rings is 1. The highest BCUT2D eigenvalue weighted by Crippen LogP contribution is 2.59. The van der Waals surface area contributed by atoms with Crippen molar-refractivity contribution >= 4 is 5.91 Å². The molecule has 1 aromatic carbocycles. The molecule has 0 radical (unpaired) electrons. The Bertz CT molecular complexity index is 822. The Labute approximate surface area is 164 Å². The molecule has 3 fully saturated rings. The quantitative estimate of drug-likeness (QED) is 0.840. The van der Waals surface area contributed by atoms with Gasteiger partial charge in [-0.3, -0.25) is 9.69 Å². The van der Waals surface area contributed by atoms with Gasteiger partial charge in [0.05, 0.1) is 12.2 Å². The van der Waals surface area contributed by atoms with Gasteiger partial charge in [0.25, 0.3) is 0 Å². The first-order valence-corrected chi connectivity index (χ1v) is 10.3. The number of carbonyl (C=O) groups is 1. The lowest BCUT2D eigenvalue weighted by molar-refractivity contribution is -0.135. The Morgan fingerprint density at radius 3 is 2.61 bits per heavy atom. The molecule has 0 bridgehead atoms. The van der Waals surface area contributed by atoms with E-state index in [1.807, 2.05) is 30.3 Å². The number of tetrazole rings is 1. The van der Waals surface area contributed by atoms with E-state index in [0.29, 0.717) is 17.9 Å². The molecule has 148 valence electrons. The molecular formula is C20H27N7O. The van der Waals surface area contributed by atoms with E-state index in [1.54, 1.807) is 4.68 Å². The minimum Gasteiger partial charge on any atom is -0.340 e. The summed E-state index contributed by atoms with van der Waals surface area (Å²) < 4.78 is 1.79. The van der Waals surface area contributed by atoms with Crippen LogP contribution in [-0.2, 0) is 11.3 Å². The molecule has 8 nitrogen and oxygen atoms in total. The Morgan fingerprint density at radius 1 is 1.11 bits per heavy atom. The van der Waals surface area contributed by atoms with Crippen molar-refractivity contribution in [2.75, 3.05) is 39.3 Å². The second kappa shape index (κ2) is 7.25. The van der Waals surface area contributed by atoms with Crippen molar-refractivity contribution in [3.63, 3.8) is 0 Å². The van der Waals surface area contributed by atoms with Gasteiger partial charge in [-0.15, -0.1) is 5.10 Å². The van der Waals surface area contributed by atoms with Crippen LogP contribution in [-0.4, -0.2) is 75.2 Å². The van der Waals surface area contributed by atoms with Gasteiger partial charge in [-0.05, 0) is 60.3 Å². The minimum atomic E-state index is 0.270. The summed E-state index contributed by atoms with van der Waals surface area (Å²) in [6, 6.07) is 9.96. The molecule has 1 unspecified atom stereocenters. The van der Waals surface area contributed by atoms with Crippen LogP contribution in [0.15, 0.2) is 30.3 Å². The smallest absolute Gasteiger partial charge is 0.226 e. The fourth-order valence-electron chi connectivity index (χ4n) is 4.79. The highest BCUT2D eigenvalue weighted by Gasteiger charge is 2.58. The molecule has 5 rings (SSSR count). The Morgan fingerprint density at radius 2 is 1.86 bits per heavy atom. The van der Waals surface area contributed by atoms with E-state index in [1.165, 1.54) is 0 Å². The third-order valence-corrected chi connectivity index (χ3v) is 6.67. The number of hydrogen-bond donors (Lipinski definition) is 1. The zero-order valence-corrected chi connectivity index (χ0v) is 16.1. The standard InChI is InChI=1S/C20H27N7O/c28-19(17-14-20(17)6-8-21-9-7-20)26-12-10-25(11-13-26)15-18-22-23-24-27(18)16-4-2-1-3-5-16/h1-5,17,21H,6-15H2. The van der Waals surface area contributed by atoms with Crippen LogP contribution >= 0.6 is 0 Å². The summed E-state index contributed by atoms with van der Waals surface area (Å²) in [4.78, 5) is 17.4. The molecule has 1 atom stereocenters. The zero-order valence-electron chi connectivity index (χ0n) is 16.1. The van der Waals surface area contributed by atoms with Gasteiger partial charge >= 0.3 is 0 Å². The van der Waals surface area contributed by atoms with Crippen molar-refractivity contribution in [1.29, 1.82) is 0 Å². The van der Waals surface area contributed by atoms with Gasteiger partial charge in [-0.2, -0.15) is 4.68 Å². The third kappa shape index (κ3) is 3.31. The predicted molar refractivity (Wildman–Crippen MR) is 104 cm³/mol. The maximum Gasteiger partial charge on any atom is 0.226 e. The Kier molecular flexibility index (Phi) is 4.60. The summed E-state index contributed by atoms with van der Waals surface area (Å²) in [6.45, 7) is 6.17. The van der Waals surface area contributed by atoms with Crippen LogP contribution in [0.2, 0.25) is 0 Å². The summed E-state index contributed by atoms with van der Waals surface area (Å²) in [5.41, 5.74) is 1.29. The summed E-state index contributed by atoms with van der Waals surface area (Å²) >= 11 is 0. The van der Waals surface area contributed by atoms with E-state index in [2.05, 4.69) is 30.6 Å². The van der Waals surface area contributed by atoms with Gasteiger partial charge in [-0.25, -0.2) is 0 Å². The SMILES string of the molecule is O=C(C1CC12CCNCC2)N1CCN(Cc2nnnn2-c2ccccc2)CC1. The maximum atomic E-state index is 12.9. The van der Waals surface area contributed by atoms with Gasteiger partial charge < -0.3 is 10.2 Å². The molecule has 1 N–H and O–H groups in total. The number of nitrogens with zero attached hydrogens (tertiary/aromatic N) is 6. The molecule has 3 heterocycles. The molecule has 28 heavy (non-hydrogen) atoms. The van der Waals surface area contributed by atoms with Crippen molar-refractivity contribution in [3.8, 4) is 5.69 Å². The first-order chi connectivity index (χ1) is 13.8. The van der Waals surface area contributed by atoms with Crippen molar-refractivity contribution < 1.29 is 4.79 Å². The van der Waals surface area contributed by atoms with E-state index in [0.717, 1.165) is 70.0 Å². The van der Waals surface area contributed by atoms with Gasteiger partial charge in [0.1, 0.15) is 0 Å². The van der Waals surface area contributed by atoms with Gasteiger partial charge in [0, 0.05) is 32.1 Å². The fraction of sp³-hybridized carbons (Fsp3) is 0.600. The summed E-state index contributed by atoms with van der Waals surface area (Å²) in [5.74, 6) is 1.49. The van der Waals surface area contributed by atoms with Crippen molar-refractivity contribution in [1.82, 2.24) is 35.3 Å².